The number of nitrogens with two attached hydrogens (primary N) is 1. The van der Waals surface area contributed by atoms with Gasteiger partial charge in [0, 0.05) is 23.6 Å². The number of hydrogen-bond acceptors (Lipinski definition) is 3. The molecule has 1 saturated heterocycles. The summed E-state index contributed by atoms with van der Waals surface area (Å²) in [5.41, 5.74) is 5.91. The van der Waals surface area contributed by atoms with Gasteiger partial charge in [-0.25, -0.2) is 0 Å². The van der Waals surface area contributed by atoms with Gasteiger partial charge in [-0.05, 0) is 18.2 Å². The molecule has 1 heterocycles. The van der Waals surface area contributed by atoms with Crippen molar-refractivity contribution in [1.82, 2.24) is 4.90 Å². The van der Waals surface area contributed by atoms with Crippen LogP contribution >= 0.6 is 15.9 Å². The number of carbonyl (C=O) groups is 1. The van der Waals surface area contributed by atoms with Crippen LogP contribution in [0.2, 0.25) is 0 Å². The molecule has 5 heteroatoms. The molecule has 0 aliphatic carbocycles. The molecule has 15 heavy (non-hydrogen) atoms. The molecule has 3 N–H and O–H groups in total. The lowest BCUT2D eigenvalue weighted by Crippen LogP contribution is -2.57. The number of amides is 1. The average Bonchev–Trinajstić information content (AvgIpc) is 2.12. The molecule has 0 radical (unpaired) electrons. The van der Waals surface area contributed by atoms with E-state index in [4.69, 9.17) is 5.73 Å². The molecule has 4 nitrogen and oxygen atoms in total. The molecule has 1 aliphatic rings. The third kappa shape index (κ3) is 1.98. The van der Waals surface area contributed by atoms with E-state index in [1.165, 1.54) is 6.07 Å². The third-order valence-corrected chi connectivity index (χ3v) is 2.88. The van der Waals surface area contributed by atoms with E-state index in [1.807, 2.05) is 0 Å². The summed E-state index contributed by atoms with van der Waals surface area (Å²) >= 11 is 3.22. The van der Waals surface area contributed by atoms with E-state index < -0.39 is 0 Å². The summed E-state index contributed by atoms with van der Waals surface area (Å²) in [6.45, 7) is 1.13. The zero-order valence-electron chi connectivity index (χ0n) is 7.98. The van der Waals surface area contributed by atoms with Gasteiger partial charge in [0.15, 0.2) is 0 Å². The summed E-state index contributed by atoms with van der Waals surface area (Å²) in [4.78, 5) is 13.4. The fourth-order valence-corrected chi connectivity index (χ4v) is 1.88. The Hall–Kier alpha value is -1.07. The number of carbonyl (C=O) groups excluding carboxylic acids is 1. The number of benzene rings is 1. The molecular formula is C10H11BrN2O2. The quantitative estimate of drug-likeness (QED) is 0.798. The number of phenolic OH excluding ortho intramolecular Hbond substituents is 1. The van der Waals surface area contributed by atoms with Crippen molar-refractivity contribution >= 4 is 21.8 Å². The largest absolute Gasteiger partial charge is 0.507 e. The van der Waals surface area contributed by atoms with Crippen molar-refractivity contribution in [3.05, 3.63) is 28.2 Å². The maximum absolute atomic E-state index is 11.8. The molecule has 1 aromatic rings. The van der Waals surface area contributed by atoms with Crippen molar-refractivity contribution < 1.29 is 9.90 Å². The zero-order chi connectivity index (χ0) is 11.0. The average molecular weight is 271 g/mol. The predicted molar refractivity (Wildman–Crippen MR) is 59.7 cm³/mol. The maximum Gasteiger partial charge on any atom is 0.257 e. The molecule has 1 aromatic carbocycles. The van der Waals surface area contributed by atoms with E-state index >= 15 is 0 Å². The summed E-state index contributed by atoms with van der Waals surface area (Å²) in [7, 11) is 0. The zero-order valence-corrected chi connectivity index (χ0v) is 9.57. The lowest BCUT2D eigenvalue weighted by molar-refractivity contribution is 0.0605. The van der Waals surface area contributed by atoms with Gasteiger partial charge in [0.2, 0.25) is 0 Å². The van der Waals surface area contributed by atoms with Gasteiger partial charge in [0.1, 0.15) is 5.75 Å². The summed E-state index contributed by atoms with van der Waals surface area (Å²) < 4.78 is 0.747. The molecule has 2 rings (SSSR count). The smallest absolute Gasteiger partial charge is 0.257 e. The summed E-state index contributed by atoms with van der Waals surface area (Å²) in [5, 5.41) is 9.59. The molecule has 0 bridgehead atoms. The number of phenols is 1. The Morgan fingerprint density at radius 1 is 1.53 bits per heavy atom. The molecule has 0 atom stereocenters. The summed E-state index contributed by atoms with van der Waals surface area (Å²) in [6.07, 6.45) is 0. The van der Waals surface area contributed by atoms with Crippen LogP contribution in [0.5, 0.6) is 5.75 Å². The van der Waals surface area contributed by atoms with Gasteiger partial charge in [0.05, 0.1) is 5.56 Å². The molecule has 80 valence electrons. The maximum atomic E-state index is 11.8. The van der Waals surface area contributed by atoms with Gasteiger partial charge >= 0.3 is 0 Å². The van der Waals surface area contributed by atoms with Crippen LogP contribution in [0.25, 0.3) is 0 Å². The Bertz CT molecular complexity index is 402. The van der Waals surface area contributed by atoms with Crippen LogP contribution in [0, 0.1) is 0 Å². The van der Waals surface area contributed by atoms with Crippen LogP contribution in [0.15, 0.2) is 22.7 Å². The molecule has 0 spiro atoms. The third-order valence-electron chi connectivity index (χ3n) is 2.39. The van der Waals surface area contributed by atoms with E-state index in [1.54, 1.807) is 17.0 Å². The molecule has 0 aromatic heterocycles. The molecule has 0 saturated carbocycles. The molecule has 1 aliphatic heterocycles. The standard InChI is InChI=1S/C10H11BrN2O2/c11-6-1-2-8(9(14)3-6)10(15)13-4-7(12)5-13/h1-3,7,14H,4-5,12H2. The number of rotatable bonds is 1. The number of aromatic hydroxyl groups is 1. The van der Waals surface area contributed by atoms with Gasteiger partial charge in [0.25, 0.3) is 5.91 Å². The number of halogens is 1. The lowest BCUT2D eigenvalue weighted by atomic mass is 10.1. The fraction of sp³-hybridized carbons (Fsp3) is 0.300. The van der Waals surface area contributed by atoms with E-state index in [9.17, 15) is 9.90 Å². The van der Waals surface area contributed by atoms with Crippen LogP contribution < -0.4 is 5.73 Å². The highest BCUT2D eigenvalue weighted by atomic mass is 79.9. The monoisotopic (exact) mass is 270 g/mol. The minimum atomic E-state index is -0.165. The first-order chi connectivity index (χ1) is 7.08. The Morgan fingerprint density at radius 2 is 2.20 bits per heavy atom. The number of hydrogen-bond donors (Lipinski definition) is 2. The second-order valence-electron chi connectivity index (χ2n) is 3.63. The van der Waals surface area contributed by atoms with Gasteiger partial charge in [-0.15, -0.1) is 0 Å². The SMILES string of the molecule is NC1CN(C(=O)c2ccc(Br)cc2O)C1. The minimum absolute atomic E-state index is 0.00477. The van der Waals surface area contributed by atoms with Crippen molar-refractivity contribution in [2.24, 2.45) is 5.73 Å². The predicted octanol–water partition coefficient (Wildman–Crippen LogP) is 0.938. The first-order valence-corrected chi connectivity index (χ1v) is 5.40. The first-order valence-electron chi connectivity index (χ1n) is 4.61. The van der Waals surface area contributed by atoms with Crippen molar-refractivity contribution in [2.75, 3.05) is 13.1 Å². The number of likely N-dealkylation sites (tertiary alicyclic amines) is 1. The summed E-state index contributed by atoms with van der Waals surface area (Å²) in [6, 6.07) is 4.91. The van der Waals surface area contributed by atoms with Crippen molar-refractivity contribution in [3.63, 3.8) is 0 Å². The Labute approximate surface area is 95.8 Å². The number of nitrogens with zero attached hydrogens (tertiary/aromatic N) is 1. The van der Waals surface area contributed by atoms with Crippen molar-refractivity contribution in [3.8, 4) is 5.75 Å². The highest BCUT2D eigenvalue weighted by Gasteiger charge is 2.29. The van der Waals surface area contributed by atoms with Crippen LogP contribution in [0.3, 0.4) is 0 Å². The van der Waals surface area contributed by atoms with Crippen LogP contribution in [0.1, 0.15) is 10.4 Å². The van der Waals surface area contributed by atoms with Crippen LogP contribution in [-0.4, -0.2) is 35.0 Å². The van der Waals surface area contributed by atoms with Gasteiger partial charge in [-0.2, -0.15) is 0 Å². The molecule has 1 fully saturated rings. The minimum Gasteiger partial charge on any atom is -0.507 e. The second kappa shape index (κ2) is 3.83. The van der Waals surface area contributed by atoms with Gasteiger partial charge < -0.3 is 15.7 Å². The van der Waals surface area contributed by atoms with Gasteiger partial charge in [-0.3, -0.25) is 4.79 Å². The van der Waals surface area contributed by atoms with Crippen molar-refractivity contribution in [1.29, 1.82) is 0 Å². The Morgan fingerprint density at radius 3 is 2.73 bits per heavy atom. The highest BCUT2D eigenvalue weighted by Crippen LogP contribution is 2.24. The normalized spacial score (nSPS) is 16.3. The second-order valence-corrected chi connectivity index (χ2v) is 4.55. The topological polar surface area (TPSA) is 66.6 Å². The van der Waals surface area contributed by atoms with Crippen LogP contribution in [0.4, 0.5) is 0 Å². The van der Waals surface area contributed by atoms with Crippen molar-refractivity contribution in [2.45, 2.75) is 6.04 Å². The fourth-order valence-electron chi connectivity index (χ4n) is 1.53. The van der Waals surface area contributed by atoms with E-state index in [2.05, 4.69) is 15.9 Å². The van der Waals surface area contributed by atoms with E-state index in [0.717, 1.165) is 4.47 Å². The van der Waals surface area contributed by atoms with E-state index in [-0.39, 0.29) is 17.7 Å². The summed E-state index contributed by atoms with van der Waals surface area (Å²) in [5.74, 6) is -0.170. The van der Waals surface area contributed by atoms with E-state index in [0.29, 0.717) is 18.7 Å². The van der Waals surface area contributed by atoms with Gasteiger partial charge in [-0.1, -0.05) is 15.9 Å². The highest BCUT2D eigenvalue weighted by molar-refractivity contribution is 9.10. The molecule has 0 unspecified atom stereocenters. The molecular weight excluding hydrogens is 260 g/mol. The Balaban J connectivity index is 2.19. The first kappa shape index (κ1) is 10.4. The van der Waals surface area contributed by atoms with Crippen LogP contribution in [-0.2, 0) is 0 Å². The lowest BCUT2D eigenvalue weighted by Gasteiger charge is -2.36. The molecule has 1 amide bonds. The Kier molecular flexibility index (Phi) is 2.67.